The van der Waals surface area contributed by atoms with Gasteiger partial charge >= 0.3 is 0 Å². The molecule has 4 aromatic rings. The van der Waals surface area contributed by atoms with E-state index in [1.807, 2.05) is 18.3 Å². The predicted molar refractivity (Wildman–Crippen MR) is 117 cm³/mol. The Morgan fingerprint density at radius 2 is 1.88 bits per heavy atom. The number of hydrogen-bond acceptors (Lipinski definition) is 3. The Morgan fingerprint density at radius 1 is 1.09 bits per heavy atom. The van der Waals surface area contributed by atoms with Crippen molar-refractivity contribution in [3.05, 3.63) is 99.5 Å². The van der Waals surface area contributed by atoms with Crippen LogP contribution in [-0.2, 0) is 13.0 Å². The normalized spacial score (nSPS) is 11.1. The number of aryl methyl sites for hydroxylation is 1. The lowest BCUT2D eigenvalue weighted by Crippen LogP contribution is -2.33. The van der Waals surface area contributed by atoms with Crippen molar-refractivity contribution >= 4 is 16.9 Å². The Morgan fingerprint density at radius 3 is 2.67 bits per heavy atom. The molecular weight excluding hydrogens is 433 g/mol. The summed E-state index contributed by atoms with van der Waals surface area (Å²) in [7, 11) is 0. The fraction of sp³-hybridized carbons (Fsp3) is 0.208. The number of nitrogens with zero attached hydrogens (tertiary/aromatic N) is 2. The number of rotatable bonds is 8. The van der Waals surface area contributed by atoms with Gasteiger partial charge in [0, 0.05) is 30.5 Å². The summed E-state index contributed by atoms with van der Waals surface area (Å²) in [5.74, 6) is -4.77. The van der Waals surface area contributed by atoms with Crippen LogP contribution in [0.15, 0.2) is 59.8 Å². The molecule has 6 nitrogen and oxygen atoms in total. The van der Waals surface area contributed by atoms with Crippen LogP contribution in [0.3, 0.4) is 0 Å². The Bertz CT molecular complexity index is 1340. The predicted octanol–water partition coefficient (Wildman–Crippen LogP) is 3.94. The summed E-state index contributed by atoms with van der Waals surface area (Å²) < 4.78 is 41.2. The Labute approximate surface area is 187 Å². The smallest absolute Gasteiger partial charge is 0.263 e. The summed E-state index contributed by atoms with van der Waals surface area (Å²) in [6.45, 7) is 0.190. The molecule has 0 aliphatic heterocycles. The minimum Gasteiger partial charge on any atom is -0.352 e. The number of amides is 1. The standard InChI is InChI=1S/C24H21F3N4O2/c25-19-11-15(12-20(26)21(19)27)14-31-10-4-7-18(24(31)33)23(32)29-8-2-1-5-16-13-30-22-17(16)6-3-9-28-22/h3-4,6-7,9-13H,1-2,5,8,14H2,(H,28,30)(H,29,32). The zero-order valence-corrected chi connectivity index (χ0v) is 17.6. The second-order valence-electron chi connectivity index (χ2n) is 7.65. The number of unbranched alkanes of at least 4 members (excludes halogenated alkanes) is 1. The van der Waals surface area contributed by atoms with Crippen LogP contribution in [0.1, 0.15) is 34.3 Å². The van der Waals surface area contributed by atoms with E-state index in [0.717, 1.165) is 46.1 Å². The molecule has 0 saturated carbocycles. The topological polar surface area (TPSA) is 79.8 Å². The maximum absolute atomic E-state index is 13.4. The summed E-state index contributed by atoms with van der Waals surface area (Å²) in [5, 5.41) is 3.81. The highest BCUT2D eigenvalue weighted by molar-refractivity contribution is 5.93. The maximum atomic E-state index is 13.4. The molecule has 0 aliphatic rings. The fourth-order valence-electron chi connectivity index (χ4n) is 3.69. The molecule has 0 aliphatic carbocycles. The molecule has 9 heteroatoms. The van der Waals surface area contributed by atoms with Gasteiger partial charge in [0.05, 0.1) is 6.54 Å². The highest BCUT2D eigenvalue weighted by Gasteiger charge is 2.14. The van der Waals surface area contributed by atoms with Crippen molar-refractivity contribution in [2.75, 3.05) is 6.54 Å². The lowest BCUT2D eigenvalue weighted by Gasteiger charge is -2.10. The van der Waals surface area contributed by atoms with Crippen LogP contribution in [0.25, 0.3) is 11.0 Å². The van der Waals surface area contributed by atoms with E-state index < -0.39 is 28.9 Å². The number of aromatic nitrogens is 3. The molecule has 170 valence electrons. The van der Waals surface area contributed by atoms with Gasteiger partial charge in [0.15, 0.2) is 17.5 Å². The molecule has 0 saturated heterocycles. The molecule has 33 heavy (non-hydrogen) atoms. The van der Waals surface area contributed by atoms with Crippen LogP contribution in [0.5, 0.6) is 0 Å². The van der Waals surface area contributed by atoms with E-state index in [1.165, 1.54) is 18.3 Å². The number of fused-ring (bicyclic) bond motifs is 1. The van der Waals surface area contributed by atoms with Crippen LogP contribution in [0.4, 0.5) is 13.2 Å². The number of carbonyl (C=O) groups is 1. The first-order chi connectivity index (χ1) is 15.9. The number of nitrogens with one attached hydrogen (secondary N) is 2. The summed E-state index contributed by atoms with van der Waals surface area (Å²) in [5.41, 5.74) is 1.38. The van der Waals surface area contributed by atoms with Crippen molar-refractivity contribution in [1.82, 2.24) is 19.9 Å². The first kappa shape index (κ1) is 22.3. The highest BCUT2D eigenvalue weighted by atomic mass is 19.2. The molecule has 0 radical (unpaired) electrons. The van der Waals surface area contributed by atoms with Gasteiger partial charge in [0.2, 0.25) is 0 Å². The van der Waals surface area contributed by atoms with Crippen LogP contribution < -0.4 is 10.9 Å². The van der Waals surface area contributed by atoms with Crippen LogP contribution in [0, 0.1) is 17.5 Å². The third kappa shape index (κ3) is 4.97. The van der Waals surface area contributed by atoms with Crippen molar-refractivity contribution in [2.45, 2.75) is 25.8 Å². The molecule has 3 heterocycles. The first-order valence-corrected chi connectivity index (χ1v) is 10.5. The summed E-state index contributed by atoms with van der Waals surface area (Å²) in [4.78, 5) is 32.5. The molecule has 0 atom stereocenters. The SMILES string of the molecule is O=C(NCCCCc1c[nH]c2ncccc12)c1cccn(Cc2cc(F)c(F)c(F)c2)c1=O. The number of pyridine rings is 2. The quantitative estimate of drug-likeness (QED) is 0.313. The van der Waals surface area contributed by atoms with Crippen LogP contribution in [0.2, 0.25) is 0 Å². The minimum absolute atomic E-state index is 0.0681. The average molecular weight is 454 g/mol. The van der Waals surface area contributed by atoms with Gasteiger partial charge < -0.3 is 14.9 Å². The zero-order chi connectivity index (χ0) is 23.4. The monoisotopic (exact) mass is 454 g/mol. The molecule has 0 unspecified atom stereocenters. The molecule has 3 aromatic heterocycles. The van der Waals surface area contributed by atoms with Gasteiger partial charge in [-0.25, -0.2) is 18.2 Å². The van der Waals surface area contributed by atoms with E-state index >= 15 is 0 Å². The minimum atomic E-state index is -1.57. The molecule has 4 rings (SSSR count). The van der Waals surface area contributed by atoms with Crippen molar-refractivity contribution in [2.24, 2.45) is 0 Å². The third-order valence-corrected chi connectivity index (χ3v) is 5.36. The largest absolute Gasteiger partial charge is 0.352 e. The second kappa shape index (κ2) is 9.72. The number of aromatic amines is 1. The number of benzene rings is 1. The molecule has 2 N–H and O–H groups in total. The number of hydrogen-bond donors (Lipinski definition) is 2. The third-order valence-electron chi connectivity index (χ3n) is 5.36. The van der Waals surface area contributed by atoms with E-state index in [4.69, 9.17) is 0 Å². The van der Waals surface area contributed by atoms with Gasteiger partial charge in [-0.15, -0.1) is 0 Å². The van der Waals surface area contributed by atoms with Crippen molar-refractivity contribution in [3.63, 3.8) is 0 Å². The van der Waals surface area contributed by atoms with Crippen LogP contribution >= 0.6 is 0 Å². The molecule has 1 amide bonds. The maximum Gasteiger partial charge on any atom is 0.263 e. The van der Waals surface area contributed by atoms with Crippen LogP contribution in [-0.4, -0.2) is 27.0 Å². The Hall–Kier alpha value is -3.88. The molecule has 0 fully saturated rings. The number of halogens is 3. The summed E-state index contributed by atoms with van der Waals surface area (Å²) >= 11 is 0. The number of carbonyl (C=O) groups excluding carboxylic acids is 1. The van der Waals surface area contributed by atoms with Crippen molar-refractivity contribution in [1.29, 1.82) is 0 Å². The van der Waals surface area contributed by atoms with Gasteiger partial charge in [-0.05, 0) is 66.8 Å². The van der Waals surface area contributed by atoms with Crippen molar-refractivity contribution in [3.8, 4) is 0 Å². The molecule has 0 bridgehead atoms. The van der Waals surface area contributed by atoms with E-state index in [0.29, 0.717) is 13.0 Å². The fourth-order valence-corrected chi connectivity index (χ4v) is 3.69. The molecular formula is C24H21F3N4O2. The highest BCUT2D eigenvalue weighted by Crippen LogP contribution is 2.17. The lowest BCUT2D eigenvalue weighted by atomic mass is 10.1. The summed E-state index contributed by atoms with van der Waals surface area (Å²) in [6, 6.07) is 8.42. The van der Waals surface area contributed by atoms with E-state index in [1.54, 1.807) is 6.20 Å². The summed E-state index contributed by atoms with van der Waals surface area (Å²) in [6.07, 6.45) is 7.43. The zero-order valence-electron chi connectivity index (χ0n) is 17.6. The van der Waals surface area contributed by atoms with E-state index in [-0.39, 0.29) is 17.7 Å². The van der Waals surface area contributed by atoms with Gasteiger partial charge in [0.1, 0.15) is 11.2 Å². The number of H-pyrrole nitrogens is 1. The van der Waals surface area contributed by atoms with Gasteiger partial charge in [0.25, 0.3) is 11.5 Å². The van der Waals surface area contributed by atoms with Gasteiger partial charge in [-0.2, -0.15) is 0 Å². The van der Waals surface area contributed by atoms with Gasteiger partial charge in [-0.1, -0.05) is 0 Å². The Balaban J connectivity index is 1.33. The van der Waals surface area contributed by atoms with E-state index in [9.17, 15) is 22.8 Å². The molecule has 1 aromatic carbocycles. The molecule has 0 spiro atoms. The van der Waals surface area contributed by atoms with Crippen molar-refractivity contribution < 1.29 is 18.0 Å². The lowest BCUT2D eigenvalue weighted by molar-refractivity contribution is 0.0951. The second-order valence-corrected chi connectivity index (χ2v) is 7.65. The average Bonchev–Trinajstić information content (AvgIpc) is 3.21. The van der Waals surface area contributed by atoms with Gasteiger partial charge in [-0.3, -0.25) is 9.59 Å². The van der Waals surface area contributed by atoms with E-state index in [2.05, 4.69) is 15.3 Å². The Kier molecular flexibility index (Phi) is 6.58. The first-order valence-electron chi connectivity index (χ1n) is 10.5.